The van der Waals surface area contributed by atoms with Crippen molar-refractivity contribution >= 4 is 16.9 Å². The summed E-state index contributed by atoms with van der Waals surface area (Å²) in [6.07, 6.45) is 2.90. The van der Waals surface area contributed by atoms with E-state index in [0.29, 0.717) is 18.1 Å². The second-order valence-electron chi connectivity index (χ2n) is 4.33. The Morgan fingerprint density at radius 3 is 2.95 bits per heavy atom. The van der Waals surface area contributed by atoms with Gasteiger partial charge in [0.2, 0.25) is 5.95 Å². The van der Waals surface area contributed by atoms with Crippen LogP contribution in [-0.4, -0.2) is 21.5 Å². The van der Waals surface area contributed by atoms with Crippen LogP contribution in [0.5, 0.6) is 0 Å². The summed E-state index contributed by atoms with van der Waals surface area (Å²) in [7, 11) is 0. The van der Waals surface area contributed by atoms with Crippen LogP contribution in [0.1, 0.15) is 6.92 Å². The molecule has 0 bridgehead atoms. The number of benzene rings is 1. The summed E-state index contributed by atoms with van der Waals surface area (Å²) >= 11 is 0. The predicted molar refractivity (Wildman–Crippen MR) is 76.9 cm³/mol. The van der Waals surface area contributed by atoms with Gasteiger partial charge in [-0.15, -0.1) is 0 Å². The van der Waals surface area contributed by atoms with Gasteiger partial charge in [0.25, 0.3) is 0 Å². The van der Waals surface area contributed by atoms with E-state index in [2.05, 4.69) is 20.3 Å². The van der Waals surface area contributed by atoms with Crippen LogP contribution in [0.4, 0.5) is 10.3 Å². The van der Waals surface area contributed by atoms with E-state index in [1.807, 2.05) is 37.3 Å². The predicted octanol–water partition coefficient (Wildman–Crippen LogP) is 3.26. The molecule has 0 spiro atoms. The second kappa shape index (κ2) is 5.21. The number of fused-ring (bicyclic) bond motifs is 1. The molecule has 0 saturated carbocycles. The normalized spacial score (nSPS) is 10.7. The van der Waals surface area contributed by atoms with E-state index in [-0.39, 0.29) is 5.69 Å². The van der Waals surface area contributed by atoms with Gasteiger partial charge in [0.15, 0.2) is 5.82 Å². The van der Waals surface area contributed by atoms with Gasteiger partial charge in [-0.2, -0.15) is 0 Å². The van der Waals surface area contributed by atoms with Crippen molar-refractivity contribution in [3.8, 4) is 11.3 Å². The lowest BCUT2D eigenvalue weighted by atomic mass is 10.1. The SMILES string of the molecule is CCNc1ncc(F)c(-c2ccc3cccnc3c2)n1. The molecular formula is C15H13FN4. The fourth-order valence-corrected chi connectivity index (χ4v) is 2.03. The first-order valence-corrected chi connectivity index (χ1v) is 6.39. The van der Waals surface area contributed by atoms with Crippen LogP contribution < -0.4 is 5.32 Å². The smallest absolute Gasteiger partial charge is 0.223 e. The number of rotatable bonds is 3. The number of hydrogen-bond donors (Lipinski definition) is 1. The highest BCUT2D eigenvalue weighted by molar-refractivity contribution is 5.83. The van der Waals surface area contributed by atoms with E-state index in [9.17, 15) is 4.39 Å². The van der Waals surface area contributed by atoms with Crippen molar-refractivity contribution in [2.24, 2.45) is 0 Å². The zero-order valence-electron chi connectivity index (χ0n) is 11.0. The lowest BCUT2D eigenvalue weighted by Crippen LogP contribution is -2.04. The maximum atomic E-state index is 13.9. The Kier molecular flexibility index (Phi) is 3.25. The summed E-state index contributed by atoms with van der Waals surface area (Å²) in [4.78, 5) is 12.4. The molecule has 2 aromatic heterocycles. The van der Waals surface area contributed by atoms with Gasteiger partial charge in [0.05, 0.1) is 11.7 Å². The Hall–Kier alpha value is -2.56. The largest absolute Gasteiger partial charge is 0.354 e. The summed E-state index contributed by atoms with van der Waals surface area (Å²) in [5, 5.41) is 3.99. The Bertz CT molecular complexity index is 758. The molecule has 0 aliphatic heterocycles. The maximum Gasteiger partial charge on any atom is 0.223 e. The summed E-state index contributed by atoms with van der Waals surface area (Å²) in [6.45, 7) is 2.62. The molecule has 100 valence electrons. The minimum Gasteiger partial charge on any atom is -0.354 e. The molecule has 0 fully saturated rings. The first-order chi connectivity index (χ1) is 9.78. The average molecular weight is 268 g/mol. The number of halogens is 1. The van der Waals surface area contributed by atoms with Crippen LogP contribution in [0.25, 0.3) is 22.2 Å². The van der Waals surface area contributed by atoms with Gasteiger partial charge in [-0.05, 0) is 19.1 Å². The molecule has 5 heteroatoms. The molecule has 4 nitrogen and oxygen atoms in total. The molecule has 0 aliphatic rings. The molecule has 0 saturated heterocycles. The molecule has 0 amide bonds. The summed E-state index contributed by atoms with van der Waals surface area (Å²) in [5.74, 6) is -0.0213. The molecule has 3 rings (SSSR count). The molecule has 0 atom stereocenters. The number of aromatic nitrogens is 3. The van der Waals surface area contributed by atoms with Gasteiger partial charge in [0, 0.05) is 23.7 Å². The van der Waals surface area contributed by atoms with E-state index < -0.39 is 5.82 Å². The van der Waals surface area contributed by atoms with Crippen molar-refractivity contribution in [2.75, 3.05) is 11.9 Å². The molecule has 1 aromatic carbocycles. The maximum absolute atomic E-state index is 13.9. The Labute approximate surface area is 115 Å². The first-order valence-electron chi connectivity index (χ1n) is 6.39. The molecule has 0 radical (unpaired) electrons. The fourth-order valence-electron chi connectivity index (χ4n) is 2.03. The summed E-state index contributed by atoms with van der Waals surface area (Å²) in [6, 6.07) is 9.41. The molecule has 3 aromatic rings. The van der Waals surface area contributed by atoms with Crippen molar-refractivity contribution < 1.29 is 4.39 Å². The average Bonchev–Trinajstić information content (AvgIpc) is 2.49. The van der Waals surface area contributed by atoms with Crippen LogP contribution >= 0.6 is 0 Å². The minimum atomic E-state index is -0.443. The molecule has 1 N–H and O–H groups in total. The van der Waals surface area contributed by atoms with Gasteiger partial charge >= 0.3 is 0 Å². The first kappa shape index (κ1) is 12.5. The lowest BCUT2D eigenvalue weighted by Gasteiger charge is -2.07. The standard InChI is InChI=1S/C15H13FN4/c1-2-17-15-19-9-12(16)14(20-15)11-6-5-10-4-3-7-18-13(10)8-11/h3-9H,2H2,1H3,(H,17,19,20). The highest BCUT2D eigenvalue weighted by Gasteiger charge is 2.10. The quantitative estimate of drug-likeness (QED) is 0.792. The third-order valence-corrected chi connectivity index (χ3v) is 2.96. The van der Waals surface area contributed by atoms with E-state index in [1.54, 1.807) is 6.20 Å². The minimum absolute atomic E-state index is 0.281. The zero-order valence-corrected chi connectivity index (χ0v) is 11.0. The number of nitrogens with zero attached hydrogens (tertiary/aromatic N) is 3. The van der Waals surface area contributed by atoms with E-state index in [1.165, 1.54) is 6.20 Å². The topological polar surface area (TPSA) is 50.7 Å². The van der Waals surface area contributed by atoms with Crippen molar-refractivity contribution in [1.82, 2.24) is 15.0 Å². The Morgan fingerprint density at radius 2 is 2.10 bits per heavy atom. The van der Waals surface area contributed by atoms with Gasteiger partial charge in [-0.1, -0.05) is 18.2 Å². The Morgan fingerprint density at radius 1 is 1.20 bits per heavy atom. The van der Waals surface area contributed by atoms with Crippen molar-refractivity contribution in [2.45, 2.75) is 6.92 Å². The van der Waals surface area contributed by atoms with Crippen LogP contribution in [0.15, 0.2) is 42.7 Å². The van der Waals surface area contributed by atoms with Crippen molar-refractivity contribution in [3.05, 3.63) is 48.5 Å². The molecule has 0 aliphatic carbocycles. The van der Waals surface area contributed by atoms with Gasteiger partial charge in [-0.3, -0.25) is 4.98 Å². The number of nitrogens with one attached hydrogen (secondary N) is 1. The third kappa shape index (κ3) is 2.30. The monoisotopic (exact) mass is 268 g/mol. The lowest BCUT2D eigenvalue weighted by molar-refractivity contribution is 0.618. The highest BCUT2D eigenvalue weighted by atomic mass is 19.1. The van der Waals surface area contributed by atoms with E-state index in [4.69, 9.17) is 0 Å². The van der Waals surface area contributed by atoms with Gasteiger partial charge < -0.3 is 5.32 Å². The van der Waals surface area contributed by atoms with Crippen molar-refractivity contribution in [3.63, 3.8) is 0 Å². The molecular weight excluding hydrogens is 255 g/mol. The van der Waals surface area contributed by atoms with Crippen LogP contribution in [0, 0.1) is 5.82 Å². The summed E-state index contributed by atoms with van der Waals surface area (Å²) in [5.41, 5.74) is 1.78. The zero-order chi connectivity index (χ0) is 13.9. The summed E-state index contributed by atoms with van der Waals surface area (Å²) < 4.78 is 13.9. The Balaban J connectivity index is 2.12. The third-order valence-electron chi connectivity index (χ3n) is 2.96. The van der Waals surface area contributed by atoms with Gasteiger partial charge in [-0.25, -0.2) is 14.4 Å². The second-order valence-corrected chi connectivity index (χ2v) is 4.33. The van der Waals surface area contributed by atoms with Crippen molar-refractivity contribution in [1.29, 1.82) is 0 Å². The van der Waals surface area contributed by atoms with E-state index >= 15 is 0 Å². The number of hydrogen-bond acceptors (Lipinski definition) is 4. The molecule has 2 heterocycles. The number of anilines is 1. The van der Waals surface area contributed by atoms with Crippen LogP contribution in [0.3, 0.4) is 0 Å². The van der Waals surface area contributed by atoms with Crippen LogP contribution in [-0.2, 0) is 0 Å². The van der Waals surface area contributed by atoms with E-state index in [0.717, 1.165) is 10.9 Å². The van der Waals surface area contributed by atoms with Crippen LogP contribution in [0.2, 0.25) is 0 Å². The fraction of sp³-hybridized carbons (Fsp3) is 0.133. The number of pyridine rings is 1. The molecule has 0 unspecified atom stereocenters. The highest BCUT2D eigenvalue weighted by Crippen LogP contribution is 2.24. The molecule has 20 heavy (non-hydrogen) atoms. The van der Waals surface area contributed by atoms with Gasteiger partial charge in [0.1, 0.15) is 5.69 Å².